The fourth-order valence-corrected chi connectivity index (χ4v) is 6.58. The van der Waals surface area contributed by atoms with Gasteiger partial charge in [0.1, 0.15) is 23.0 Å². The molecule has 0 saturated carbocycles. The van der Waals surface area contributed by atoms with E-state index in [9.17, 15) is 20.4 Å². The van der Waals surface area contributed by atoms with E-state index in [-0.39, 0.29) is 61.4 Å². The van der Waals surface area contributed by atoms with Crippen LogP contribution in [0.25, 0.3) is 0 Å². The van der Waals surface area contributed by atoms with Gasteiger partial charge in [-0.15, -0.1) is 4.98 Å². The van der Waals surface area contributed by atoms with Crippen LogP contribution in [0.5, 0.6) is 41.0 Å². The van der Waals surface area contributed by atoms with Gasteiger partial charge in [0.05, 0.1) is 0 Å². The lowest BCUT2D eigenvalue weighted by molar-refractivity contribution is 0.202. The first-order chi connectivity index (χ1) is 25.4. The van der Waals surface area contributed by atoms with Crippen molar-refractivity contribution in [2.24, 2.45) is 17.8 Å². The fourth-order valence-electron chi connectivity index (χ4n) is 6.58. The molecule has 7 rings (SSSR count). The number of phenols is 1. The third-order valence-electron chi connectivity index (χ3n) is 9.93. The standard InChI is InChI=1S/C36H45N9O7/c46-21-24-9-15-43(16-10-24)31-37-32(44-17-11-25(22-47)12-18-44)39-34(38-31)50-29-5-7-30(8-6-29)52-36-41-33(45-19-13-26(23-48)14-20-45)40-35(42-36)51-28-3-1-27(49)2-4-28/h1-8,24-26,46-49H,9-23H2. The third kappa shape index (κ3) is 8.86. The first-order valence-corrected chi connectivity index (χ1v) is 18.0. The first-order valence-electron chi connectivity index (χ1n) is 18.0. The number of hydrogen-bond acceptors (Lipinski definition) is 16. The van der Waals surface area contributed by atoms with Crippen LogP contribution >= 0.6 is 0 Å². The predicted molar refractivity (Wildman–Crippen MR) is 190 cm³/mol. The summed E-state index contributed by atoms with van der Waals surface area (Å²) in [6.07, 6.45) is 5.03. The van der Waals surface area contributed by atoms with Crippen molar-refractivity contribution in [3.8, 4) is 41.0 Å². The number of benzene rings is 2. The van der Waals surface area contributed by atoms with Gasteiger partial charge in [-0.25, -0.2) is 0 Å². The van der Waals surface area contributed by atoms with Gasteiger partial charge in [-0.05, 0) is 105 Å². The molecule has 2 aromatic heterocycles. The molecule has 52 heavy (non-hydrogen) atoms. The normalized spacial score (nSPS) is 17.7. The van der Waals surface area contributed by atoms with Crippen molar-refractivity contribution in [1.29, 1.82) is 0 Å². The molecular weight excluding hydrogens is 670 g/mol. The SMILES string of the molecule is OCC1CCN(c2nc(Oc3ccc(O)cc3)nc(Oc3ccc(Oc4nc(N5CCC(CO)CC5)nc(N5CCC(CO)CC5)n4)cc3)n2)CC1. The third-order valence-corrected chi connectivity index (χ3v) is 9.93. The van der Waals surface area contributed by atoms with Gasteiger partial charge in [-0.3, -0.25) is 0 Å². The summed E-state index contributed by atoms with van der Waals surface area (Å²) in [6, 6.07) is 13.4. The van der Waals surface area contributed by atoms with Crippen LogP contribution < -0.4 is 28.9 Å². The zero-order valence-corrected chi connectivity index (χ0v) is 29.0. The van der Waals surface area contributed by atoms with E-state index in [2.05, 4.69) is 34.7 Å². The average molecular weight is 716 g/mol. The highest BCUT2D eigenvalue weighted by molar-refractivity contribution is 5.43. The Hall–Kier alpha value is -5.06. The summed E-state index contributed by atoms with van der Waals surface area (Å²) in [6.45, 7) is 4.77. The van der Waals surface area contributed by atoms with Gasteiger partial charge in [0, 0.05) is 59.1 Å². The molecule has 16 heteroatoms. The monoisotopic (exact) mass is 715 g/mol. The number of ether oxygens (including phenoxy) is 3. The van der Waals surface area contributed by atoms with Crippen LogP contribution in [0.2, 0.25) is 0 Å². The highest BCUT2D eigenvalue weighted by Gasteiger charge is 2.26. The van der Waals surface area contributed by atoms with Crippen molar-refractivity contribution < 1.29 is 34.6 Å². The number of aromatic hydroxyl groups is 1. The lowest BCUT2D eigenvalue weighted by Gasteiger charge is -2.33. The largest absolute Gasteiger partial charge is 0.508 e. The molecule has 0 atom stereocenters. The lowest BCUT2D eigenvalue weighted by Crippen LogP contribution is -2.38. The Bertz CT molecular complexity index is 1700. The van der Waals surface area contributed by atoms with Crippen molar-refractivity contribution >= 4 is 17.8 Å². The number of anilines is 3. The molecule has 3 aliphatic heterocycles. The summed E-state index contributed by atoms with van der Waals surface area (Å²) in [5, 5.41) is 38.5. The zero-order valence-electron chi connectivity index (χ0n) is 29.0. The number of piperidine rings is 3. The quantitative estimate of drug-likeness (QED) is 0.165. The van der Waals surface area contributed by atoms with Gasteiger partial charge in [0.25, 0.3) is 0 Å². The Morgan fingerprint density at radius 1 is 0.442 bits per heavy atom. The summed E-state index contributed by atoms with van der Waals surface area (Å²) < 4.78 is 18.2. The van der Waals surface area contributed by atoms with Crippen LogP contribution in [0.1, 0.15) is 38.5 Å². The molecule has 0 radical (unpaired) electrons. The van der Waals surface area contributed by atoms with Gasteiger partial charge in [0.2, 0.25) is 17.8 Å². The smallest absolute Gasteiger partial charge is 0.330 e. The maximum absolute atomic E-state index is 9.68. The average Bonchev–Trinajstić information content (AvgIpc) is 3.19. The molecule has 276 valence electrons. The van der Waals surface area contributed by atoms with E-state index in [0.717, 1.165) is 64.7 Å². The van der Waals surface area contributed by atoms with Crippen molar-refractivity contribution in [2.75, 3.05) is 73.8 Å². The molecule has 3 aliphatic rings. The van der Waals surface area contributed by atoms with Crippen LogP contribution in [0.3, 0.4) is 0 Å². The molecule has 3 saturated heterocycles. The number of phenolic OH excluding ortho intramolecular Hbond substituents is 1. The maximum Gasteiger partial charge on any atom is 0.330 e. The van der Waals surface area contributed by atoms with Gasteiger partial charge in [-0.2, -0.15) is 24.9 Å². The molecule has 2 aromatic carbocycles. The Morgan fingerprint density at radius 2 is 0.731 bits per heavy atom. The van der Waals surface area contributed by atoms with E-state index in [4.69, 9.17) is 19.2 Å². The van der Waals surface area contributed by atoms with E-state index in [0.29, 0.717) is 48.2 Å². The van der Waals surface area contributed by atoms with E-state index < -0.39 is 0 Å². The van der Waals surface area contributed by atoms with Crippen molar-refractivity contribution in [1.82, 2.24) is 29.9 Å². The molecular formula is C36H45N9O7. The van der Waals surface area contributed by atoms with E-state index in [1.165, 1.54) is 12.1 Å². The van der Waals surface area contributed by atoms with Crippen LogP contribution in [0.4, 0.5) is 17.8 Å². The van der Waals surface area contributed by atoms with Gasteiger partial charge in [-0.1, -0.05) is 0 Å². The van der Waals surface area contributed by atoms with Crippen LogP contribution in [0.15, 0.2) is 48.5 Å². The maximum atomic E-state index is 9.68. The van der Waals surface area contributed by atoms with Crippen molar-refractivity contribution in [3.05, 3.63) is 48.5 Å². The Balaban J connectivity index is 1.08. The summed E-state index contributed by atoms with van der Waals surface area (Å²) in [4.78, 5) is 33.9. The second-order valence-electron chi connectivity index (χ2n) is 13.5. The Labute approximate surface area is 301 Å². The number of hydrogen-bond donors (Lipinski definition) is 4. The second kappa shape index (κ2) is 16.5. The predicted octanol–water partition coefficient (Wildman–Crippen LogP) is 3.77. The highest BCUT2D eigenvalue weighted by Crippen LogP contribution is 2.31. The summed E-state index contributed by atoms with van der Waals surface area (Å²) in [5.41, 5.74) is 0. The topological polar surface area (TPSA) is 196 Å². The molecule has 0 unspecified atom stereocenters. The summed E-state index contributed by atoms with van der Waals surface area (Å²) in [7, 11) is 0. The second-order valence-corrected chi connectivity index (χ2v) is 13.5. The minimum absolute atomic E-state index is 0.0394. The van der Waals surface area contributed by atoms with Gasteiger partial charge < -0.3 is 49.3 Å². The Morgan fingerprint density at radius 3 is 1.06 bits per heavy atom. The zero-order chi connectivity index (χ0) is 35.9. The molecule has 0 aliphatic carbocycles. The molecule has 4 N–H and O–H groups in total. The fraction of sp³-hybridized carbons (Fsp3) is 0.500. The molecule has 4 aromatic rings. The van der Waals surface area contributed by atoms with Gasteiger partial charge >= 0.3 is 18.0 Å². The highest BCUT2D eigenvalue weighted by atomic mass is 16.5. The van der Waals surface area contributed by atoms with E-state index in [1.807, 2.05) is 4.90 Å². The van der Waals surface area contributed by atoms with Crippen molar-refractivity contribution in [3.63, 3.8) is 0 Å². The number of rotatable bonds is 12. The molecule has 0 bridgehead atoms. The molecule has 5 heterocycles. The van der Waals surface area contributed by atoms with E-state index in [1.54, 1.807) is 36.4 Å². The number of aliphatic hydroxyl groups is 3. The van der Waals surface area contributed by atoms with E-state index >= 15 is 0 Å². The Kier molecular flexibility index (Phi) is 11.2. The van der Waals surface area contributed by atoms with Crippen LogP contribution in [-0.4, -0.2) is 109 Å². The number of aliphatic hydroxyl groups excluding tert-OH is 3. The molecule has 16 nitrogen and oxygen atoms in total. The van der Waals surface area contributed by atoms with Gasteiger partial charge in [0.15, 0.2) is 0 Å². The van der Waals surface area contributed by atoms with Crippen LogP contribution in [-0.2, 0) is 0 Å². The molecule has 0 spiro atoms. The summed E-state index contributed by atoms with van der Waals surface area (Å²) in [5.74, 6) is 3.77. The first kappa shape index (κ1) is 35.3. The number of aromatic nitrogens is 6. The molecule has 0 amide bonds. The van der Waals surface area contributed by atoms with Crippen molar-refractivity contribution in [2.45, 2.75) is 38.5 Å². The lowest BCUT2D eigenvalue weighted by atomic mass is 9.98. The van der Waals surface area contributed by atoms with Crippen LogP contribution in [0, 0.1) is 17.8 Å². The minimum atomic E-state index is 0.0394. The molecule has 3 fully saturated rings. The summed E-state index contributed by atoms with van der Waals surface area (Å²) >= 11 is 0. The number of nitrogens with zero attached hydrogens (tertiary/aromatic N) is 9. The minimum Gasteiger partial charge on any atom is -0.508 e.